The molecule has 94 valence electrons. The average molecular weight is 251 g/mol. The molecule has 1 saturated heterocycles. The first kappa shape index (κ1) is 12.6. The van der Waals surface area contributed by atoms with Gasteiger partial charge in [-0.25, -0.2) is 0 Å². The van der Waals surface area contributed by atoms with Gasteiger partial charge in [-0.1, -0.05) is 13.8 Å². The Morgan fingerprint density at radius 3 is 2.71 bits per heavy atom. The molecule has 0 saturated carbocycles. The first-order valence-electron chi connectivity index (χ1n) is 6.35. The summed E-state index contributed by atoms with van der Waals surface area (Å²) in [4.78, 5) is 14.3. The van der Waals surface area contributed by atoms with Gasteiger partial charge in [0.1, 0.15) is 0 Å². The molecular weight excluding hydrogens is 230 g/mol. The van der Waals surface area contributed by atoms with Gasteiger partial charge in [0.2, 0.25) is 5.91 Å². The second kappa shape index (κ2) is 4.81. The van der Waals surface area contributed by atoms with Crippen molar-refractivity contribution >= 4 is 17.2 Å². The second-order valence-corrected chi connectivity index (χ2v) is 6.99. The van der Waals surface area contributed by atoms with E-state index in [4.69, 9.17) is 0 Å². The van der Waals surface area contributed by atoms with E-state index in [1.807, 2.05) is 11.3 Å². The molecule has 0 aromatic carbocycles. The number of rotatable bonds is 4. The largest absolute Gasteiger partial charge is 0.350 e. The first-order chi connectivity index (χ1) is 7.99. The fourth-order valence-electron chi connectivity index (χ4n) is 2.83. The van der Waals surface area contributed by atoms with Crippen LogP contribution in [0.15, 0.2) is 12.1 Å². The van der Waals surface area contributed by atoms with Crippen LogP contribution in [0.5, 0.6) is 0 Å². The number of hydrogen-bond donors (Lipinski definition) is 1. The fourth-order valence-corrected chi connectivity index (χ4v) is 3.86. The Balaban J connectivity index is 2.13. The summed E-state index contributed by atoms with van der Waals surface area (Å²) in [7, 11) is 0. The highest BCUT2D eigenvalue weighted by atomic mass is 32.1. The van der Waals surface area contributed by atoms with Crippen LogP contribution in [-0.4, -0.2) is 11.4 Å². The highest BCUT2D eigenvalue weighted by Gasteiger charge is 2.38. The van der Waals surface area contributed by atoms with Gasteiger partial charge in [0.15, 0.2) is 0 Å². The van der Waals surface area contributed by atoms with E-state index in [0.717, 1.165) is 19.3 Å². The number of carbonyl (C=O) groups excluding carboxylic acids is 1. The molecule has 2 heterocycles. The number of nitrogens with one attached hydrogen (secondary N) is 1. The Bertz CT molecular complexity index is 410. The normalized spacial score (nSPS) is 24.4. The van der Waals surface area contributed by atoms with Gasteiger partial charge in [-0.15, -0.1) is 11.3 Å². The summed E-state index contributed by atoms with van der Waals surface area (Å²) < 4.78 is 0. The van der Waals surface area contributed by atoms with Gasteiger partial charge < -0.3 is 5.32 Å². The van der Waals surface area contributed by atoms with Crippen molar-refractivity contribution in [2.45, 2.75) is 52.0 Å². The molecule has 1 aromatic heterocycles. The van der Waals surface area contributed by atoms with E-state index in [1.165, 1.54) is 9.75 Å². The first-order valence-corrected chi connectivity index (χ1v) is 7.17. The third-order valence-electron chi connectivity index (χ3n) is 3.34. The summed E-state index contributed by atoms with van der Waals surface area (Å²) in [6.07, 6.45) is 3.75. The van der Waals surface area contributed by atoms with Crippen LogP contribution >= 0.6 is 11.3 Å². The Labute approximate surface area is 107 Å². The summed E-state index contributed by atoms with van der Waals surface area (Å²) in [5.41, 5.74) is 0.0164. The van der Waals surface area contributed by atoms with Gasteiger partial charge in [-0.2, -0.15) is 0 Å². The van der Waals surface area contributed by atoms with E-state index in [0.29, 0.717) is 12.3 Å². The summed E-state index contributed by atoms with van der Waals surface area (Å²) >= 11 is 1.85. The van der Waals surface area contributed by atoms with Gasteiger partial charge in [-0.3, -0.25) is 4.79 Å². The maximum Gasteiger partial charge on any atom is 0.220 e. The molecule has 0 bridgehead atoms. The van der Waals surface area contributed by atoms with Crippen molar-refractivity contribution in [1.82, 2.24) is 5.32 Å². The third-order valence-corrected chi connectivity index (χ3v) is 4.34. The zero-order valence-electron chi connectivity index (χ0n) is 10.9. The molecule has 1 unspecified atom stereocenters. The van der Waals surface area contributed by atoms with Crippen LogP contribution in [0.1, 0.15) is 42.9 Å². The zero-order chi connectivity index (χ0) is 12.5. The van der Waals surface area contributed by atoms with Crippen molar-refractivity contribution in [3.63, 3.8) is 0 Å². The molecule has 1 atom stereocenters. The molecule has 2 rings (SSSR count). The number of hydrogen-bond acceptors (Lipinski definition) is 2. The Kier molecular flexibility index (Phi) is 3.57. The van der Waals surface area contributed by atoms with Crippen molar-refractivity contribution in [3.8, 4) is 0 Å². The van der Waals surface area contributed by atoms with E-state index in [1.54, 1.807) is 0 Å². The van der Waals surface area contributed by atoms with Crippen LogP contribution in [-0.2, 0) is 11.2 Å². The van der Waals surface area contributed by atoms with Crippen molar-refractivity contribution in [2.75, 3.05) is 0 Å². The van der Waals surface area contributed by atoms with Crippen LogP contribution in [0.4, 0.5) is 0 Å². The lowest BCUT2D eigenvalue weighted by atomic mass is 9.84. The Morgan fingerprint density at radius 1 is 1.47 bits per heavy atom. The summed E-state index contributed by atoms with van der Waals surface area (Å²) in [5.74, 6) is 0.841. The highest BCUT2D eigenvalue weighted by molar-refractivity contribution is 7.11. The SMILES string of the molecule is Cc1ccc(CC2(CC(C)C)CCC(=O)N2)s1. The van der Waals surface area contributed by atoms with Crippen LogP contribution in [0.25, 0.3) is 0 Å². The monoisotopic (exact) mass is 251 g/mol. The summed E-state index contributed by atoms with van der Waals surface area (Å²) in [6.45, 7) is 6.59. The molecule has 1 fully saturated rings. The molecule has 1 aliphatic rings. The predicted molar refractivity (Wildman–Crippen MR) is 72.3 cm³/mol. The second-order valence-electron chi connectivity index (χ2n) is 5.62. The van der Waals surface area contributed by atoms with Gasteiger partial charge in [0.05, 0.1) is 0 Å². The molecule has 1 aliphatic heterocycles. The van der Waals surface area contributed by atoms with Crippen LogP contribution in [0, 0.1) is 12.8 Å². The number of thiophene rings is 1. The van der Waals surface area contributed by atoms with E-state index >= 15 is 0 Å². The van der Waals surface area contributed by atoms with Crippen molar-refractivity contribution in [1.29, 1.82) is 0 Å². The topological polar surface area (TPSA) is 29.1 Å². The van der Waals surface area contributed by atoms with E-state index in [9.17, 15) is 4.79 Å². The lowest BCUT2D eigenvalue weighted by Gasteiger charge is -2.30. The lowest BCUT2D eigenvalue weighted by molar-refractivity contribution is -0.119. The molecular formula is C14H21NOS. The molecule has 3 heteroatoms. The van der Waals surface area contributed by atoms with E-state index in [2.05, 4.69) is 38.2 Å². The van der Waals surface area contributed by atoms with Crippen LogP contribution in [0.3, 0.4) is 0 Å². The molecule has 1 N–H and O–H groups in total. The maximum atomic E-state index is 11.5. The van der Waals surface area contributed by atoms with Gasteiger partial charge >= 0.3 is 0 Å². The van der Waals surface area contributed by atoms with Crippen molar-refractivity contribution in [2.24, 2.45) is 5.92 Å². The third kappa shape index (κ3) is 3.09. The van der Waals surface area contributed by atoms with Gasteiger partial charge in [-0.05, 0) is 37.8 Å². The molecule has 1 amide bonds. The molecule has 17 heavy (non-hydrogen) atoms. The van der Waals surface area contributed by atoms with E-state index < -0.39 is 0 Å². The van der Waals surface area contributed by atoms with Crippen molar-refractivity contribution in [3.05, 3.63) is 21.9 Å². The molecule has 0 aliphatic carbocycles. The standard InChI is InChI=1S/C14H21NOS/c1-10(2)8-14(7-6-13(16)15-14)9-12-5-4-11(3)17-12/h4-5,10H,6-9H2,1-3H3,(H,15,16). The van der Waals surface area contributed by atoms with Crippen LogP contribution in [0.2, 0.25) is 0 Å². The Hall–Kier alpha value is -0.830. The van der Waals surface area contributed by atoms with Crippen molar-refractivity contribution < 1.29 is 4.79 Å². The minimum Gasteiger partial charge on any atom is -0.350 e. The predicted octanol–water partition coefficient (Wildman–Crippen LogP) is 3.29. The van der Waals surface area contributed by atoms with Gasteiger partial charge in [0.25, 0.3) is 0 Å². The summed E-state index contributed by atoms with van der Waals surface area (Å²) in [5, 5.41) is 3.22. The number of aryl methyl sites for hydroxylation is 1. The Morgan fingerprint density at radius 2 is 2.24 bits per heavy atom. The lowest BCUT2D eigenvalue weighted by Crippen LogP contribution is -2.44. The van der Waals surface area contributed by atoms with Gasteiger partial charge in [0, 0.05) is 28.1 Å². The minimum atomic E-state index is 0.0164. The highest BCUT2D eigenvalue weighted by Crippen LogP contribution is 2.33. The number of amides is 1. The molecule has 0 radical (unpaired) electrons. The zero-order valence-corrected chi connectivity index (χ0v) is 11.7. The summed E-state index contributed by atoms with van der Waals surface area (Å²) in [6, 6.07) is 4.37. The van der Waals surface area contributed by atoms with Crippen LogP contribution < -0.4 is 5.32 Å². The molecule has 1 aromatic rings. The number of carbonyl (C=O) groups is 1. The minimum absolute atomic E-state index is 0.0164. The van der Waals surface area contributed by atoms with E-state index in [-0.39, 0.29) is 11.4 Å². The quantitative estimate of drug-likeness (QED) is 0.874. The maximum absolute atomic E-state index is 11.5. The molecule has 2 nitrogen and oxygen atoms in total. The smallest absolute Gasteiger partial charge is 0.220 e. The fraction of sp³-hybridized carbons (Fsp3) is 0.643. The molecule has 0 spiro atoms. The average Bonchev–Trinajstić information content (AvgIpc) is 2.74.